The number of hydrogen-bond donors (Lipinski definition) is 1. The van der Waals surface area contributed by atoms with E-state index >= 15 is 0 Å². The summed E-state index contributed by atoms with van der Waals surface area (Å²) in [6.45, 7) is 4.53. The molecule has 1 N–H and O–H groups in total. The largest absolute Gasteiger partial charge is 0.351 e. The van der Waals surface area contributed by atoms with Gasteiger partial charge in [-0.1, -0.05) is 33.1 Å². The number of ketones is 1. The van der Waals surface area contributed by atoms with Gasteiger partial charge in [-0.25, -0.2) is 0 Å². The Labute approximate surface area is 126 Å². The van der Waals surface area contributed by atoms with Gasteiger partial charge in [0.25, 0.3) is 0 Å². The van der Waals surface area contributed by atoms with Gasteiger partial charge in [-0.05, 0) is 36.8 Å². The molecule has 0 amide bonds. The number of rotatable bonds is 4. The van der Waals surface area contributed by atoms with Crippen molar-refractivity contribution in [3.8, 4) is 0 Å². The molecule has 3 heteroatoms. The molecule has 3 atom stereocenters. The number of aromatic nitrogens is 2. The van der Waals surface area contributed by atoms with E-state index in [1.54, 1.807) is 12.4 Å². The van der Waals surface area contributed by atoms with Crippen LogP contribution in [-0.2, 0) is 0 Å². The van der Waals surface area contributed by atoms with Crippen LogP contribution < -0.4 is 0 Å². The number of aromatic amines is 1. The molecule has 21 heavy (non-hydrogen) atoms. The summed E-state index contributed by atoms with van der Waals surface area (Å²) >= 11 is 0. The summed E-state index contributed by atoms with van der Waals surface area (Å²) in [5.41, 5.74) is 1.72. The van der Waals surface area contributed by atoms with E-state index in [0.717, 1.165) is 29.4 Å². The van der Waals surface area contributed by atoms with E-state index in [4.69, 9.17) is 0 Å². The lowest BCUT2D eigenvalue weighted by Gasteiger charge is -2.34. The topological polar surface area (TPSA) is 45.8 Å². The second kappa shape index (κ2) is 6.00. The van der Waals surface area contributed by atoms with E-state index in [0.29, 0.717) is 17.6 Å². The van der Waals surface area contributed by atoms with Gasteiger partial charge in [-0.15, -0.1) is 0 Å². The first-order valence-electron chi connectivity index (χ1n) is 8.17. The summed E-state index contributed by atoms with van der Waals surface area (Å²) in [5, 5.41) is 1.07. The molecule has 3 rings (SSSR count). The van der Waals surface area contributed by atoms with Crippen molar-refractivity contribution in [1.82, 2.24) is 9.97 Å². The summed E-state index contributed by atoms with van der Waals surface area (Å²) in [4.78, 5) is 20.3. The molecule has 3 nitrogen and oxygen atoms in total. The third kappa shape index (κ3) is 2.74. The summed E-state index contributed by atoms with van der Waals surface area (Å²) in [6, 6.07) is 3.94. The van der Waals surface area contributed by atoms with Gasteiger partial charge < -0.3 is 4.98 Å². The summed E-state index contributed by atoms with van der Waals surface area (Å²) in [7, 11) is 0. The maximum atomic E-state index is 12.9. The van der Waals surface area contributed by atoms with Crippen molar-refractivity contribution in [1.29, 1.82) is 0 Å². The quantitative estimate of drug-likeness (QED) is 0.834. The lowest BCUT2D eigenvalue weighted by atomic mass is 9.70. The predicted octanol–water partition coefficient (Wildman–Crippen LogP) is 4.60. The number of fused-ring (bicyclic) bond motifs is 1. The first kappa shape index (κ1) is 14.3. The normalized spacial score (nSPS) is 24.1. The van der Waals surface area contributed by atoms with Crippen molar-refractivity contribution in [2.45, 2.75) is 46.0 Å². The van der Waals surface area contributed by atoms with Crippen LogP contribution in [0.15, 0.2) is 24.5 Å². The molecule has 112 valence electrons. The molecule has 2 heterocycles. The molecule has 0 aromatic carbocycles. The van der Waals surface area contributed by atoms with Gasteiger partial charge in [0.05, 0.1) is 17.4 Å². The number of H-pyrrole nitrogens is 1. The van der Waals surface area contributed by atoms with Crippen LogP contribution in [0.2, 0.25) is 0 Å². The van der Waals surface area contributed by atoms with Crippen LogP contribution in [0, 0.1) is 17.8 Å². The molecule has 1 saturated carbocycles. The van der Waals surface area contributed by atoms with Gasteiger partial charge in [-0.2, -0.15) is 0 Å². The molecular formula is C18H24N2O. The van der Waals surface area contributed by atoms with Crippen molar-refractivity contribution in [3.05, 3.63) is 30.2 Å². The third-order valence-electron chi connectivity index (χ3n) is 5.22. The van der Waals surface area contributed by atoms with Crippen molar-refractivity contribution in [3.63, 3.8) is 0 Å². The zero-order valence-electron chi connectivity index (χ0n) is 12.9. The lowest BCUT2D eigenvalue weighted by Crippen LogP contribution is -2.31. The molecule has 3 unspecified atom stereocenters. The van der Waals surface area contributed by atoms with Gasteiger partial charge in [0.1, 0.15) is 0 Å². The highest BCUT2D eigenvalue weighted by Crippen LogP contribution is 2.38. The van der Waals surface area contributed by atoms with Crippen LogP contribution >= 0.6 is 0 Å². The van der Waals surface area contributed by atoms with Gasteiger partial charge >= 0.3 is 0 Å². The molecule has 0 bridgehead atoms. The molecule has 2 aromatic rings. The van der Waals surface area contributed by atoms with Crippen molar-refractivity contribution in [2.75, 3.05) is 0 Å². The molecule has 0 spiro atoms. The first-order chi connectivity index (χ1) is 10.2. The molecule has 2 aromatic heterocycles. The summed E-state index contributed by atoms with van der Waals surface area (Å²) in [5.74, 6) is 1.66. The van der Waals surface area contributed by atoms with Gasteiger partial charge in [0.2, 0.25) is 0 Å². The number of hydrogen-bond acceptors (Lipinski definition) is 2. The fraction of sp³-hybridized carbons (Fsp3) is 0.556. The average Bonchev–Trinajstić information content (AvgIpc) is 2.97. The Morgan fingerprint density at radius 3 is 3.00 bits per heavy atom. The molecule has 1 aliphatic carbocycles. The van der Waals surface area contributed by atoms with Crippen LogP contribution in [0.25, 0.3) is 10.9 Å². The molecule has 0 radical (unpaired) electrons. The van der Waals surface area contributed by atoms with E-state index in [1.807, 2.05) is 12.1 Å². The number of Topliss-reactive ketones (excluding diaryl/α,β-unsaturated/α-hetero) is 1. The molecule has 0 saturated heterocycles. The van der Waals surface area contributed by atoms with E-state index < -0.39 is 0 Å². The molecule has 0 aliphatic heterocycles. The Bertz CT molecular complexity index is 598. The first-order valence-corrected chi connectivity index (χ1v) is 8.17. The highest BCUT2D eigenvalue weighted by atomic mass is 16.1. The predicted molar refractivity (Wildman–Crippen MR) is 85.3 cm³/mol. The van der Waals surface area contributed by atoms with Crippen LogP contribution in [0.3, 0.4) is 0 Å². The minimum absolute atomic E-state index is 0.190. The second-order valence-electron chi connectivity index (χ2n) is 6.45. The van der Waals surface area contributed by atoms with E-state index in [9.17, 15) is 4.79 Å². The number of nitrogens with one attached hydrogen (secondary N) is 1. The Balaban J connectivity index is 1.88. The zero-order chi connectivity index (χ0) is 14.8. The Morgan fingerprint density at radius 1 is 1.43 bits per heavy atom. The van der Waals surface area contributed by atoms with Crippen LogP contribution in [0.4, 0.5) is 0 Å². The van der Waals surface area contributed by atoms with E-state index in [-0.39, 0.29) is 5.92 Å². The average molecular weight is 284 g/mol. The van der Waals surface area contributed by atoms with Gasteiger partial charge in [-0.3, -0.25) is 9.78 Å². The second-order valence-corrected chi connectivity index (χ2v) is 6.45. The van der Waals surface area contributed by atoms with Crippen LogP contribution in [0.5, 0.6) is 0 Å². The third-order valence-corrected chi connectivity index (χ3v) is 5.22. The lowest BCUT2D eigenvalue weighted by molar-refractivity contribution is 0.0758. The molecular weight excluding hydrogens is 260 g/mol. The highest BCUT2D eigenvalue weighted by Gasteiger charge is 2.34. The minimum atomic E-state index is 0.190. The Kier molecular flexibility index (Phi) is 4.09. The van der Waals surface area contributed by atoms with Crippen molar-refractivity contribution in [2.24, 2.45) is 17.8 Å². The highest BCUT2D eigenvalue weighted by molar-refractivity contribution is 6.00. The van der Waals surface area contributed by atoms with Crippen molar-refractivity contribution < 1.29 is 4.79 Å². The number of carbonyl (C=O) groups excluding carboxylic acids is 1. The van der Waals surface area contributed by atoms with Gasteiger partial charge in [0, 0.05) is 17.5 Å². The summed E-state index contributed by atoms with van der Waals surface area (Å²) in [6.07, 6.45) is 9.42. The van der Waals surface area contributed by atoms with E-state index in [1.165, 1.54) is 19.3 Å². The maximum Gasteiger partial charge on any atom is 0.182 e. The Hall–Kier alpha value is -1.64. The van der Waals surface area contributed by atoms with Crippen molar-refractivity contribution >= 4 is 16.7 Å². The number of carbonyl (C=O) groups is 1. The standard InChI is InChI=1S/C18H24N2O/c1-3-12(2)14-6-4-5-7-15(14)18(21)16-10-13-8-9-19-11-17(13)20-16/h8-12,14-15,20H,3-7H2,1-2H3. The minimum Gasteiger partial charge on any atom is -0.351 e. The Morgan fingerprint density at radius 2 is 2.24 bits per heavy atom. The van der Waals surface area contributed by atoms with Gasteiger partial charge in [0.15, 0.2) is 5.78 Å². The fourth-order valence-electron chi connectivity index (χ4n) is 3.77. The van der Waals surface area contributed by atoms with E-state index in [2.05, 4.69) is 23.8 Å². The number of pyridine rings is 1. The smallest absolute Gasteiger partial charge is 0.182 e. The summed E-state index contributed by atoms with van der Waals surface area (Å²) < 4.78 is 0. The zero-order valence-corrected chi connectivity index (χ0v) is 12.9. The monoisotopic (exact) mass is 284 g/mol. The molecule has 1 fully saturated rings. The maximum absolute atomic E-state index is 12.9. The SMILES string of the molecule is CCC(C)C1CCCCC1C(=O)c1cc2ccncc2[nH]1. The van der Waals surface area contributed by atoms with Crippen LogP contribution in [-0.4, -0.2) is 15.8 Å². The van der Waals surface area contributed by atoms with Crippen LogP contribution in [0.1, 0.15) is 56.4 Å². The fourth-order valence-corrected chi connectivity index (χ4v) is 3.77. The number of nitrogens with zero attached hydrogens (tertiary/aromatic N) is 1. The molecule has 1 aliphatic rings.